The summed E-state index contributed by atoms with van der Waals surface area (Å²) in [4.78, 5) is 5.45. The fraction of sp³-hybridized carbons (Fsp3) is 0.514. The first-order valence-corrected chi connectivity index (χ1v) is 19.0. The van der Waals surface area contributed by atoms with Crippen molar-refractivity contribution in [3.63, 3.8) is 0 Å². The van der Waals surface area contributed by atoms with Crippen LogP contribution in [0.25, 0.3) is 0 Å². The van der Waals surface area contributed by atoms with E-state index >= 15 is 0 Å². The quantitative estimate of drug-likeness (QED) is 0.140. The van der Waals surface area contributed by atoms with Crippen LogP contribution in [0.3, 0.4) is 0 Å². The summed E-state index contributed by atoms with van der Waals surface area (Å²) < 4.78 is 10.6. The lowest BCUT2D eigenvalue weighted by Crippen LogP contribution is -2.50. The number of nitrogens with one attached hydrogen (secondary N) is 1. The summed E-state index contributed by atoms with van der Waals surface area (Å²) in [5.74, 6) is 7.36. The van der Waals surface area contributed by atoms with Crippen molar-refractivity contribution >= 4 is 35.1 Å². The van der Waals surface area contributed by atoms with Crippen LogP contribution >= 0.6 is 35.1 Å². The third kappa shape index (κ3) is 10.1. The van der Waals surface area contributed by atoms with E-state index in [0.29, 0.717) is 23.9 Å². The van der Waals surface area contributed by atoms with Crippen LogP contribution in [0.15, 0.2) is 72.8 Å². The number of ether oxygens (including phenoxy) is 2. The molecule has 0 saturated carbocycles. The Morgan fingerprint density at radius 2 is 1.42 bits per heavy atom. The van der Waals surface area contributed by atoms with Crippen molar-refractivity contribution in [3.8, 4) is 11.5 Å². The summed E-state index contributed by atoms with van der Waals surface area (Å²) in [5, 5.41) is 4.58. The van der Waals surface area contributed by atoms with Gasteiger partial charge in [0.2, 0.25) is 0 Å². The van der Waals surface area contributed by atoms with Gasteiger partial charge in [-0.15, -0.1) is 0 Å². The first-order valence-electron chi connectivity index (χ1n) is 16.4. The standard InChI is InChI=1S/C37H50ClN3O2S2/c1-40-32-12-17-37(40)36(35(24-32)30-8-10-31(38)11-9-30)25-41(21-23-45-27-29-6-15-34(43-3)16-7-29)20-18-39-19-22-44-26-28-4-13-33(42-2)14-5-28/h4-11,13-16,32,35-37,39H,12,17-27H2,1-3H3. The molecular formula is C37H50ClN3O2S2. The van der Waals surface area contributed by atoms with E-state index in [0.717, 1.165) is 72.3 Å². The molecular weight excluding hydrogens is 618 g/mol. The van der Waals surface area contributed by atoms with Gasteiger partial charge in [-0.05, 0) is 91.2 Å². The maximum atomic E-state index is 6.30. The molecule has 5 rings (SSSR count). The molecule has 2 heterocycles. The second-order valence-corrected chi connectivity index (χ2v) is 15.0. The van der Waals surface area contributed by atoms with Crippen LogP contribution < -0.4 is 14.8 Å². The van der Waals surface area contributed by atoms with Gasteiger partial charge in [0, 0.05) is 72.8 Å². The maximum absolute atomic E-state index is 6.30. The molecule has 0 amide bonds. The molecule has 244 valence electrons. The van der Waals surface area contributed by atoms with Crippen molar-refractivity contribution in [2.24, 2.45) is 5.92 Å². The Labute approximate surface area is 284 Å². The predicted octanol–water partition coefficient (Wildman–Crippen LogP) is 7.68. The van der Waals surface area contributed by atoms with Gasteiger partial charge < -0.3 is 24.6 Å². The number of hydrogen-bond acceptors (Lipinski definition) is 7. The molecule has 3 aromatic carbocycles. The van der Waals surface area contributed by atoms with E-state index < -0.39 is 0 Å². The number of halogens is 1. The van der Waals surface area contributed by atoms with Crippen molar-refractivity contribution in [2.45, 2.75) is 48.8 Å². The smallest absolute Gasteiger partial charge is 0.118 e. The van der Waals surface area contributed by atoms with Gasteiger partial charge in [-0.2, -0.15) is 23.5 Å². The predicted molar refractivity (Wildman–Crippen MR) is 194 cm³/mol. The summed E-state index contributed by atoms with van der Waals surface area (Å²) in [5.41, 5.74) is 4.17. The molecule has 0 aliphatic carbocycles. The Morgan fingerprint density at radius 1 is 0.800 bits per heavy atom. The van der Waals surface area contributed by atoms with Crippen molar-refractivity contribution in [1.82, 2.24) is 15.1 Å². The van der Waals surface area contributed by atoms with Crippen molar-refractivity contribution in [1.29, 1.82) is 0 Å². The molecule has 0 aromatic heterocycles. The molecule has 0 radical (unpaired) electrons. The monoisotopic (exact) mass is 667 g/mol. The zero-order valence-electron chi connectivity index (χ0n) is 27.1. The van der Waals surface area contributed by atoms with Gasteiger partial charge in [-0.1, -0.05) is 48.0 Å². The summed E-state index contributed by atoms with van der Waals surface area (Å²) >= 11 is 10.3. The van der Waals surface area contributed by atoms with E-state index in [9.17, 15) is 0 Å². The minimum absolute atomic E-state index is 0.590. The highest BCUT2D eigenvalue weighted by atomic mass is 35.5. The average molecular weight is 668 g/mol. The third-order valence-electron chi connectivity index (χ3n) is 9.63. The van der Waals surface area contributed by atoms with Crippen LogP contribution in [0.5, 0.6) is 11.5 Å². The molecule has 5 nitrogen and oxygen atoms in total. The normalized spacial score (nSPS) is 21.4. The fourth-order valence-corrected chi connectivity index (χ4v) is 8.98. The van der Waals surface area contributed by atoms with Gasteiger partial charge in [-0.3, -0.25) is 0 Å². The Morgan fingerprint density at radius 3 is 2.04 bits per heavy atom. The van der Waals surface area contributed by atoms with Crippen molar-refractivity contribution < 1.29 is 9.47 Å². The van der Waals surface area contributed by atoms with Gasteiger partial charge in [0.1, 0.15) is 11.5 Å². The summed E-state index contributed by atoms with van der Waals surface area (Å²) in [6, 6.07) is 27.0. The lowest BCUT2D eigenvalue weighted by Gasteiger charge is -2.45. The highest BCUT2D eigenvalue weighted by molar-refractivity contribution is 7.98. The van der Waals surface area contributed by atoms with Gasteiger partial charge in [0.25, 0.3) is 0 Å². The summed E-state index contributed by atoms with van der Waals surface area (Å²) in [6.45, 7) is 5.39. The minimum atomic E-state index is 0.590. The Bertz CT molecular complexity index is 1280. The first kappa shape index (κ1) is 34.5. The zero-order chi connectivity index (χ0) is 31.4. The second-order valence-electron chi connectivity index (χ2n) is 12.4. The summed E-state index contributed by atoms with van der Waals surface area (Å²) in [6.07, 6.45) is 3.90. The number of benzene rings is 3. The number of fused-ring (bicyclic) bond motifs is 2. The number of thioether (sulfide) groups is 2. The molecule has 2 saturated heterocycles. The number of nitrogens with zero attached hydrogens (tertiary/aromatic N) is 2. The van der Waals surface area contributed by atoms with Gasteiger partial charge >= 0.3 is 0 Å². The molecule has 45 heavy (non-hydrogen) atoms. The van der Waals surface area contributed by atoms with Crippen LogP contribution in [0.1, 0.15) is 41.9 Å². The van der Waals surface area contributed by atoms with Crippen LogP contribution in [-0.2, 0) is 11.5 Å². The molecule has 8 heteroatoms. The van der Waals surface area contributed by atoms with Crippen molar-refractivity contribution in [2.75, 3.05) is 65.5 Å². The Hall–Kier alpha value is -1.87. The highest BCUT2D eigenvalue weighted by Gasteiger charge is 2.46. The lowest BCUT2D eigenvalue weighted by atomic mass is 9.76. The van der Waals surface area contributed by atoms with E-state index in [-0.39, 0.29) is 0 Å². The van der Waals surface area contributed by atoms with E-state index in [1.165, 1.54) is 36.0 Å². The largest absolute Gasteiger partial charge is 0.497 e. The number of methoxy groups -OCH3 is 2. The van der Waals surface area contributed by atoms with Crippen LogP contribution in [0, 0.1) is 5.92 Å². The fourth-order valence-electron chi connectivity index (χ4n) is 7.04. The highest BCUT2D eigenvalue weighted by Crippen LogP contribution is 2.46. The van der Waals surface area contributed by atoms with Crippen molar-refractivity contribution in [3.05, 3.63) is 94.5 Å². The molecule has 2 bridgehead atoms. The minimum Gasteiger partial charge on any atom is -0.497 e. The Kier molecular flexibility index (Phi) is 13.7. The lowest BCUT2D eigenvalue weighted by molar-refractivity contribution is 0.0728. The number of hydrogen-bond donors (Lipinski definition) is 1. The summed E-state index contributed by atoms with van der Waals surface area (Å²) in [7, 11) is 5.81. The third-order valence-corrected chi connectivity index (χ3v) is 11.9. The van der Waals surface area contributed by atoms with Gasteiger partial charge in [0.15, 0.2) is 0 Å². The topological polar surface area (TPSA) is 37.0 Å². The maximum Gasteiger partial charge on any atom is 0.118 e. The second kappa shape index (κ2) is 17.9. The molecule has 2 aliphatic rings. The molecule has 1 N–H and O–H groups in total. The zero-order valence-corrected chi connectivity index (χ0v) is 29.5. The average Bonchev–Trinajstić information content (AvgIpc) is 3.32. The van der Waals surface area contributed by atoms with E-state index in [1.807, 2.05) is 35.7 Å². The van der Waals surface area contributed by atoms with E-state index in [1.54, 1.807) is 14.2 Å². The molecule has 2 aliphatic heterocycles. The van der Waals surface area contributed by atoms with Crippen LogP contribution in [0.4, 0.5) is 0 Å². The molecule has 2 fully saturated rings. The Balaban J connectivity index is 1.15. The number of piperidine rings is 1. The van der Waals surface area contributed by atoms with Crippen LogP contribution in [0.2, 0.25) is 5.02 Å². The van der Waals surface area contributed by atoms with Gasteiger partial charge in [0.05, 0.1) is 14.2 Å². The number of rotatable bonds is 18. The van der Waals surface area contributed by atoms with Crippen LogP contribution in [-0.4, -0.2) is 87.4 Å². The molecule has 4 unspecified atom stereocenters. The van der Waals surface area contributed by atoms with E-state index in [2.05, 4.69) is 82.8 Å². The first-order chi connectivity index (χ1) is 22.0. The van der Waals surface area contributed by atoms with Gasteiger partial charge in [-0.25, -0.2) is 0 Å². The van der Waals surface area contributed by atoms with E-state index in [4.69, 9.17) is 21.1 Å². The molecule has 4 atom stereocenters. The SMILES string of the molecule is COc1ccc(CSCCNCCN(CCSCc2ccc(OC)cc2)CC2C(c3ccc(Cl)cc3)CC3CCC2N3C)cc1. The molecule has 0 spiro atoms. The molecule has 3 aromatic rings.